The molecular weight excluding hydrogens is 196 g/mol. The highest BCUT2D eigenvalue weighted by molar-refractivity contribution is 5.09. The van der Waals surface area contributed by atoms with E-state index in [4.69, 9.17) is 0 Å². The monoisotopic (exact) mass is 222 g/mol. The maximum atomic E-state index is 3.57. The summed E-state index contributed by atoms with van der Waals surface area (Å²) < 4.78 is 0. The van der Waals surface area contributed by atoms with Crippen molar-refractivity contribution in [3.8, 4) is 0 Å². The molecule has 92 valence electrons. The van der Waals surface area contributed by atoms with Gasteiger partial charge in [0, 0.05) is 24.7 Å². The molecule has 0 spiro atoms. The van der Waals surface area contributed by atoms with Crippen LogP contribution in [0.25, 0.3) is 0 Å². The number of nitrogens with one attached hydrogen (secondary N) is 1. The molecule has 0 aromatic rings. The van der Waals surface area contributed by atoms with E-state index in [1.54, 1.807) is 0 Å². The Balaban J connectivity index is 1.81. The van der Waals surface area contributed by atoms with Gasteiger partial charge in [0.05, 0.1) is 0 Å². The fourth-order valence-electron chi connectivity index (χ4n) is 4.10. The van der Waals surface area contributed by atoms with Crippen molar-refractivity contribution in [2.45, 2.75) is 52.1 Å². The predicted molar refractivity (Wildman–Crippen MR) is 67.4 cm³/mol. The standard InChI is InChI=1S/C14H26N2/c1-10(14(4)5-6-14)16-9-11-7-15-8-12(11)13(16,2)3/h10-12,15H,5-9H2,1-4H3. The number of likely N-dealkylation sites (tertiary alicyclic amines) is 1. The number of nitrogens with zero attached hydrogens (tertiary/aromatic N) is 1. The summed E-state index contributed by atoms with van der Waals surface area (Å²) in [7, 11) is 0. The Bertz CT molecular complexity index is 293. The van der Waals surface area contributed by atoms with Crippen molar-refractivity contribution < 1.29 is 0 Å². The van der Waals surface area contributed by atoms with Crippen molar-refractivity contribution in [2.24, 2.45) is 17.3 Å². The molecule has 3 aliphatic rings. The zero-order valence-corrected chi connectivity index (χ0v) is 11.2. The highest BCUT2D eigenvalue weighted by Crippen LogP contribution is 2.53. The molecule has 2 saturated heterocycles. The van der Waals surface area contributed by atoms with Gasteiger partial charge < -0.3 is 5.32 Å². The van der Waals surface area contributed by atoms with E-state index in [0.29, 0.717) is 11.0 Å². The first-order valence-electron chi connectivity index (χ1n) is 6.93. The molecule has 3 fully saturated rings. The van der Waals surface area contributed by atoms with Crippen molar-refractivity contribution >= 4 is 0 Å². The molecule has 1 N–H and O–H groups in total. The molecule has 3 rings (SSSR count). The average Bonchev–Trinajstić information content (AvgIpc) is 2.74. The van der Waals surface area contributed by atoms with Crippen LogP contribution in [0, 0.1) is 17.3 Å². The van der Waals surface area contributed by atoms with Gasteiger partial charge >= 0.3 is 0 Å². The van der Waals surface area contributed by atoms with Crippen LogP contribution in [-0.2, 0) is 0 Å². The number of fused-ring (bicyclic) bond motifs is 1. The summed E-state index contributed by atoms with van der Waals surface area (Å²) in [4.78, 5) is 2.82. The van der Waals surface area contributed by atoms with Crippen molar-refractivity contribution in [2.75, 3.05) is 19.6 Å². The second-order valence-electron chi connectivity index (χ2n) is 7.16. The lowest BCUT2D eigenvalue weighted by atomic mass is 9.83. The quantitative estimate of drug-likeness (QED) is 0.770. The van der Waals surface area contributed by atoms with E-state index in [0.717, 1.165) is 17.9 Å². The Morgan fingerprint density at radius 2 is 1.88 bits per heavy atom. The van der Waals surface area contributed by atoms with Crippen LogP contribution in [0.4, 0.5) is 0 Å². The molecule has 2 heterocycles. The van der Waals surface area contributed by atoms with E-state index in [2.05, 4.69) is 37.9 Å². The predicted octanol–water partition coefficient (Wildman–Crippen LogP) is 2.10. The molecule has 16 heavy (non-hydrogen) atoms. The third-order valence-electron chi connectivity index (χ3n) is 5.93. The third-order valence-corrected chi connectivity index (χ3v) is 5.93. The van der Waals surface area contributed by atoms with Crippen LogP contribution in [0.15, 0.2) is 0 Å². The second-order valence-corrected chi connectivity index (χ2v) is 7.16. The van der Waals surface area contributed by atoms with E-state index in [9.17, 15) is 0 Å². The van der Waals surface area contributed by atoms with Gasteiger partial charge in [0.2, 0.25) is 0 Å². The van der Waals surface area contributed by atoms with Crippen LogP contribution in [-0.4, -0.2) is 36.1 Å². The lowest BCUT2D eigenvalue weighted by Crippen LogP contribution is -2.51. The lowest BCUT2D eigenvalue weighted by molar-refractivity contribution is 0.0626. The molecule has 0 radical (unpaired) electrons. The van der Waals surface area contributed by atoms with Crippen LogP contribution < -0.4 is 5.32 Å². The Hall–Kier alpha value is -0.0800. The summed E-state index contributed by atoms with van der Waals surface area (Å²) in [6.45, 7) is 13.7. The molecular formula is C14H26N2. The number of rotatable bonds is 2. The van der Waals surface area contributed by atoms with Gasteiger partial charge in [-0.15, -0.1) is 0 Å². The maximum absolute atomic E-state index is 3.57. The SMILES string of the molecule is CC(N1CC2CNCC2C1(C)C)C1(C)CC1. The molecule has 2 nitrogen and oxygen atoms in total. The van der Waals surface area contributed by atoms with Gasteiger partial charge in [0.15, 0.2) is 0 Å². The van der Waals surface area contributed by atoms with Crippen molar-refractivity contribution in [3.05, 3.63) is 0 Å². The Labute approximate surface area is 99.8 Å². The largest absolute Gasteiger partial charge is 0.316 e. The second kappa shape index (κ2) is 3.23. The van der Waals surface area contributed by atoms with Gasteiger partial charge in [-0.3, -0.25) is 4.90 Å². The molecule has 2 aliphatic heterocycles. The van der Waals surface area contributed by atoms with Crippen LogP contribution in [0.1, 0.15) is 40.5 Å². The Morgan fingerprint density at radius 3 is 2.44 bits per heavy atom. The van der Waals surface area contributed by atoms with Crippen molar-refractivity contribution in [3.63, 3.8) is 0 Å². The number of hydrogen-bond donors (Lipinski definition) is 1. The first-order chi connectivity index (χ1) is 7.45. The highest BCUT2D eigenvalue weighted by atomic mass is 15.3. The van der Waals surface area contributed by atoms with Crippen LogP contribution in [0.2, 0.25) is 0 Å². The van der Waals surface area contributed by atoms with Crippen molar-refractivity contribution in [1.29, 1.82) is 0 Å². The van der Waals surface area contributed by atoms with Crippen molar-refractivity contribution in [1.82, 2.24) is 10.2 Å². The summed E-state index contributed by atoms with van der Waals surface area (Å²) in [5.41, 5.74) is 1.03. The summed E-state index contributed by atoms with van der Waals surface area (Å²) in [5.74, 6) is 1.78. The summed E-state index contributed by atoms with van der Waals surface area (Å²) in [6.07, 6.45) is 2.88. The van der Waals surface area contributed by atoms with Gasteiger partial charge in [-0.05, 0) is 57.4 Å². The van der Waals surface area contributed by atoms with Gasteiger partial charge in [-0.25, -0.2) is 0 Å². The first kappa shape index (κ1) is 11.0. The normalized spacial score (nSPS) is 42.0. The molecule has 3 unspecified atom stereocenters. The highest BCUT2D eigenvalue weighted by Gasteiger charge is 2.55. The fourth-order valence-corrected chi connectivity index (χ4v) is 4.10. The minimum absolute atomic E-state index is 0.402. The minimum atomic E-state index is 0.402. The van der Waals surface area contributed by atoms with E-state index >= 15 is 0 Å². The first-order valence-corrected chi connectivity index (χ1v) is 6.93. The molecule has 2 heteroatoms. The Kier molecular flexibility index (Phi) is 2.23. The average molecular weight is 222 g/mol. The molecule has 0 aromatic carbocycles. The summed E-state index contributed by atoms with van der Waals surface area (Å²) in [5, 5.41) is 3.57. The van der Waals surface area contributed by atoms with Gasteiger partial charge in [0.1, 0.15) is 0 Å². The van der Waals surface area contributed by atoms with Crippen LogP contribution in [0.5, 0.6) is 0 Å². The van der Waals surface area contributed by atoms with Gasteiger partial charge in [-0.1, -0.05) is 6.92 Å². The van der Waals surface area contributed by atoms with E-state index in [1.165, 1.54) is 32.5 Å². The maximum Gasteiger partial charge on any atom is 0.0200 e. The van der Waals surface area contributed by atoms with Gasteiger partial charge in [0.25, 0.3) is 0 Å². The Morgan fingerprint density at radius 1 is 1.19 bits per heavy atom. The zero-order chi connectivity index (χ0) is 11.6. The lowest BCUT2D eigenvalue weighted by Gasteiger charge is -2.42. The smallest absolute Gasteiger partial charge is 0.0200 e. The fraction of sp³-hybridized carbons (Fsp3) is 1.00. The molecule has 0 amide bonds. The molecule has 0 bridgehead atoms. The zero-order valence-electron chi connectivity index (χ0n) is 11.2. The van der Waals surface area contributed by atoms with E-state index in [-0.39, 0.29) is 0 Å². The topological polar surface area (TPSA) is 15.3 Å². The van der Waals surface area contributed by atoms with E-state index < -0.39 is 0 Å². The molecule has 1 aliphatic carbocycles. The van der Waals surface area contributed by atoms with Gasteiger partial charge in [-0.2, -0.15) is 0 Å². The minimum Gasteiger partial charge on any atom is -0.316 e. The summed E-state index contributed by atoms with van der Waals surface area (Å²) >= 11 is 0. The van der Waals surface area contributed by atoms with E-state index in [1.807, 2.05) is 0 Å². The molecule has 0 aromatic heterocycles. The van der Waals surface area contributed by atoms with Crippen LogP contribution >= 0.6 is 0 Å². The third kappa shape index (κ3) is 1.39. The molecule has 3 atom stereocenters. The number of hydrogen-bond acceptors (Lipinski definition) is 2. The van der Waals surface area contributed by atoms with Crippen LogP contribution in [0.3, 0.4) is 0 Å². The summed E-state index contributed by atoms with van der Waals surface area (Å²) in [6, 6.07) is 0.771. The molecule has 1 saturated carbocycles.